The van der Waals surface area contributed by atoms with Crippen molar-refractivity contribution in [2.24, 2.45) is 0 Å². The number of ether oxygens (including phenoxy) is 1. The molecule has 1 aliphatic heterocycles. The molecule has 0 saturated heterocycles. The fourth-order valence-corrected chi connectivity index (χ4v) is 2.98. The van der Waals surface area contributed by atoms with Crippen LogP contribution in [0.1, 0.15) is 27.2 Å². The summed E-state index contributed by atoms with van der Waals surface area (Å²) >= 11 is 0. The highest BCUT2D eigenvalue weighted by molar-refractivity contribution is 8.13. The molecule has 4 nitrogen and oxygen atoms in total. The van der Waals surface area contributed by atoms with Crippen molar-refractivity contribution in [3.8, 4) is 5.75 Å². The van der Waals surface area contributed by atoms with Crippen LogP contribution in [0.25, 0.3) is 0 Å². The molecule has 2 rings (SSSR count). The zero-order valence-corrected chi connectivity index (χ0v) is 12.8. The van der Waals surface area contributed by atoms with Gasteiger partial charge in [0.05, 0.1) is 17.1 Å². The summed E-state index contributed by atoms with van der Waals surface area (Å²) < 4.78 is 28.7. The average molecular weight is 304 g/mol. The summed E-state index contributed by atoms with van der Waals surface area (Å²) in [6.07, 6.45) is 1.05. The van der Waals surface area contributed by atoms with Crippen LogP contribution in [0, 0.1) is 0 Å². The Labute approximate surface area is 118 Å². The van der Waals surface area contributed by atoms with Crippen molar-refractivity contribution in [3.63, 3.8) is 0 Å². The average Bonchev–Trinajstić information content (AvgIpc) is 2.35. The van der Waals surface area contributed by atoms with Gasteiger partial charge in [0.2, 0.25) is 0 Å². The Morgan fingerprint density at radius 2 is 2.16 bits per heavy atom. The van der Waals surface area contributed by atoms with Crippen LogP contribution in [0.15, 0.2) is 23.1 Å². The first-order chi connectivity index (χ1) is 8.82. The van der Waals surface area contributed by atoms with Gasteiger partial charge in [-0.3, -0.25) is 0 Å². The van der Waals surface area contributed by atoms with Crippen molar-refractivity contribution in [1.29, 1.82) is 0 Å². The van der Waals surface area contributed by atoms with E-state index in [0.717, 1.165) is 24.4 Å². The highest BCUT2D eigenvalue weighted by atomic mass is 35.7. The normalized spacial score (nSPS) is 19.2. The lowest BCUT2D eigenvalue weighted by Crippen LogP contribution is -2.43. The minimum absolute atomic E-state index is 0.108. The Hall–Kier alpha value is -0.940. The molecule has 0 saturated carbocycles. The number of rotatable bonds is 3. The molecule has 1 heterocycles. The molecular formula is C13H18ClNO3S. The molecule has 1 unspecified atom stereocenters. The van der Waals surface area contributed by atoms with Crippen LogP contribution >= 0.6 is 10.7 Å². The van der Waals surface area contributed by atoms with Crippen molar-refractivity contribution >= 4 is 25.4 Å². The van der Waals surface area contributed by atoms with Crippen LogP contribution in [0.5, 0.6) is 5.75 Å². The van der Waals surface area contributed by atoms with Gasteiger partial charge in [-0.05, 0) is 38.5 Å². The van der Waals surface area contributed by atoms with E-state index < -0.39 is 9.05 Å². The Kier molecular flexibility index (Phi) is 3.97. The number of fused-ring (bicyclic) bond motifs is 1. The lowest BCUT2D eigenvalue weighted by Gasteiger charge is -2.38. The lowest BCUT2D eigenvalue weighted by molar-refractivity contribution is 0.186. The SMILES string of the molecule is CCC1CN(C(C)C)c2cc(S(=O)(=O)Cl)ccc2O1. The fraction of sp³-hybridized carbons (Fsp3) is 0.538. The highest BCUT2D eigenvalue weighted by Gasteiger charge is 2.27. The molecule has 106 valence electrons. The molecule has 0 N–H and O–H groups in total. The Morgan fingerprint density at radius 3 is 2.68 bits per heavy atom. The van der Waals surface area contributed by atoms with Gasteiger partial charge in [-0.25, -0.2) is 8.42 Å². The molecule has 19 heavy (non-hydrogen) atoms. The summed E-state index contributed by atoms with van der Waals surface area (Å²) in [5.41, 5.74) is 0.793. The maximum atomic E-state index is 11.4. The van der Waals surface area contributed by atoms with Crippen LogP contribution in [-0.4, -0.2) is 27.1 Å². The van der Waals surface area contributed by atoms with Gasteiger partial charge in [0.25, 0.3) is 9.05 Å². The van der Waals surface area contributed by atoms with E-state index in [9.17, 15) is 8.42 Å². The van der Waals surface area contributed by atoms with Gasteiger partial charge in [0.15, 0.2) is 0 Å². The Balaban J connectivity index is 2.49. The Bertz CT molecular complexity index is 571. The minimum atomic E-state index is -3.71. The molecular weight excluding hydrogens is 286 g/mol. The molecule has 6 heteroatoms. The summed E-state index contributed by atoms with van der Waals surface area (Å²) in [4.78, 5) is 2.26. The van der Waals surface area contributed by atoms with Crippen LogP contribution in [0.4, 0.5) is 5.69 Å². The molecule has 1 aromatic carbocycles. The van der Waals surface area contributed by atoms with Gasteiger partial charge in [-0.2, -0.15) is 0 Å². The predicted octanol–water partition coefficient (Wildman–Crippen LogP) is 3.00. The van der Waals surface area contributed by atoms with E-state index >= 15 is 0 Å². The number of anilines is 1. The maximum Gasteiger partial charge on any atom is 0.261 e. The summed E-state index contributed by atoms with van der Waals surface area (Å²) in [6, 6.07) is 5.02. The van der Waals surface area contributed by atoms with E-state index in [0.29, 0.717) is 0 Å². The first-order valence-electron chi connectivity index (χ1n) is 6.35. The number of halogens is 1. The van der Waals surface area contributed by atoms with Crippen LogP contribution in [-0.2, 0) is 9.05 Å². The fourth-order valence-electron chi connectivity index (χ4n) is 2.21. The summed E-state index contributed by atoms with van der Waals surface area (Å²) in [5.74, 6) is 0.718. The van der Waals surface area contributed by atoms with Crippen molar-refractivity contribution in [1.82, 2.24) is 0 Å². The smallest absolute Gasteiger partial charge is 0.261 e. The third-order valence-corrected chi connectivity index (χ3v) is 4.65. The summed E-state index contributed by atoms with van der Waals surface area (Å²) in [5, 5.41) is 0. The second-order valence-electron chi connectivity index (χ2n) is 4.96. The number of hydrogen-bond acceptors (Lipinski definition) is 4. The number of hydrogen-bond donors (Lipinski definition) is 0. The monoisotopic (exact) mass is 303 g/mol. The number of benzene rings is 1. The zero-order chi connectivity index (χ0) is 14.2. The van der Waals surface area contributed by atoms with Gasteiger partial charge >= 0.3 is 0 Å². The first-order valence-corrected chi connectivity index (χ1v) is 8.66. The standard InChI is InChI=1S/C13H18ClNO3S/c1-4-10-8-15(9(2)3)12-7-11(19(14,16)17)5-6-13(12)18-10/h5-7,9-10H,4,8H2,1-3H3. The molecule has 1 aliphatic rings. The van der Waals surface area contributed by atoms with Crippen LogP contribution in [0.3, 0.4) is 0 Å². The lowest BCUT2D eigenvalue weighted by atomic mass is 10.1. The van der Waals surface area contributed by atoms with E-state index in [1.54, 1.807) is 12.1 Å². The van der Waals surface area contributed by atoms with Crippen molar-refractivity contribution < 1.29 is 13.2 Å². The summed E-state index contributed by atoms with van der Waals surface area (Å²) in [7, 11) is 1.68. The van der Waals surface area contributed by atoms with Gasteiger partial charge in [0.1, 0.15) is 11.9 Å². The van der Waals surface area contributed by atoms with Crippen molar-refractivity contribution in [2.45, 2.75) is 44.2 Å². The van der Waals surface area contributed by atoms with E-state index in [-0.39, 0.29) is 17.0 Å². The predicted molar refractivity (Wildman–Crippen MR) is 76.7 cm³/mol. The van der Waals surface area contributed by atoms with Crippen molar-refractivity contribution in [3.05, 3.63) is 18.2 Å². The molecule has 0 bridgehead atoms. The highest BCUT2D eigenvalue weighted by Crippen LogP contribution is 2.37. The molecule has 0 spiro atoms. The van der Waals surface area contributed by atoms with Crippen LogP contribution in [0.2, 0.25) is 0 Å². The van der Waals surface area contributed by atoms with Gasteiger partial charge in [0, 0.05) is 16.7 Å². The quantitative estimate of drug-likeness (QED) is 0.805. The molecule has 0 radical (unpaired) electrons. The third kappa shape index (κ3) is 2.98. The molecule has 0 aliphatic carbocycles. The number of nitrogens with zero attached hydrogens (tertiary/aromatic N) is 1. The van der Waals surface area contributed by atoms with Crippen molar-refractivity contribution in [2.75, 3.05) is 11.4 Å². The second-order valence-corrected chi connectivity index (χ2v) is 7.53. The molecule has 0 amide bonds. The van der Waals surface area contributed by atoms with Crippen LogP contribution < -0.4 is 9.64 Å². The Morgan fingerprint density at radius 1 is 1.47 bits per heavy atom. The first kappa shape index (κ1) is 14.5. The zero-order valence-electron chi connectivity index (χ0n) is 11.3. The molecule has 1 aromatic rings. The van der Waals surface area contributed by atoms with E-state index in [2.05, 4.69) is 25.7 Å². The van der Waals surface area contributed by atoms with Gasteiger partial charge in [-0.15, -0.1) is 0 Å². The molecule has 1 atom stereocenters. The molecule has 0 fully saturated rings. The minimum Gasteiger partial charge on any atom is -0.486 e. The molecule has 0 aromatic heterocycles. The largest absolute Gasteiger partial charge is 0.486 e. The topological polar surface area (TPSA) is 46.6 Å². The van der Waals surface area contributed by atoms with E-state index in [1.165, 1.54) is 6.07 Å². The summed E-state index contributed by atoms with van der Waals surface area (Å²) in [6.45, 7) is 6.98. The van der Waals surface area contributed by atoms with E-state index in [4.69, 9.17) is 15.4 Å². The van der Waals surface area contributed by atoms with Gasteiger partial charge < -0.3 is 9.64 Å². The third-order valence-electron chi connectivity index (χ3n) is 3.29. The second kappa shape index (κ2) is 5.21. The van der Waals surface area contributed by atoms with Gasteiger partial charge in [-0.1, -0.05) is 6.92 Å². The maximum absolute atomic E-state index is 11.4. The van der Waals surface area contributed by atoms with E-state index in [1.807, 2.05) is 0 Å².